The van der Waals surface area contributed by atoms with Crippen molar-refractivity contribution in [2.24, 2.45) is 0 Å². The molecule has 1 atom stereocenters. The van der Waals surface area contributed by atoms with E-state index in [1.807, 2.05) is 12.1 Å². The molecule has 0 saturated carbocycles. The van der Waals surface area contributed by atoms with Crippen LogP contribution in [0.3, 0.4) is 0 Å². The topological polar surface area (TPSA) is 136 Å². The summed E-state index contributed by atoms with van der Waals surface area (Å²) in [6.07, 6.45) is 5.27. The summed E-state index contributed by atoms with van der Waals surface area (Å²) in [6.45, 7) is 38.6. The first-order chi connectivity index (χ1) is 19.0. The molecule has 0 spiro atoms. The van der Waals surface area contributed by atoms with Crippen molar-refractivity contribution in [1.82, 2.24) is 0 Å². The molecule has 0 radical (unpaired) electrons. The van der Waals surface area contributed by atoms with Crippen LogP contribution >= 0.6 is 0 Å². The number of hydrogen-bond acceptors (Lipinski definition) is 4. The van der Waals surface area contributed by atoms with Gasteiger partial charge in [-0.1, -0.05) is 0 Å². The van der Waals surface area contributed by atoms with E-state index in [2.05, 4.69) is 110 Å². The van der Waals surface area contributed by atoms with E-state index >= 15 is 0 Å². The van der Waals surface area contributed by atoms with Crippen LogP contribution < -0.4 is 9.47 Å². The van der Waals surface area contributed by atoms with Gasteiger partial charge in [-0.3, -0.25) is 0 Å². The molecule has 0 aliphatic carbocycles. The van der Waals surface area contributed by atoms with Crippen molar-refractivity contribution in [1.29, 1.82) is 0 Å². The van der Waals surface area contributed by atoms with Gasteiger partial charge in [-0.25, -0.2) is 0 Å². The van der Waals surface area contributed by atoms with E-state index in [-0.39, 0.29) is 6.10 Å². The van der Waals surface area contributed by atoms with Crippen molar-refractivity contribution in [3.05, 3.63) is 62.6 Å². The predicted octanol–water partition coefficient (Wildman–Crippen LogP) is 6.17. The summed E-state index contributed by atoms with van der Waals surface area (Å²) in [5.74, 6) is 1.45. The summed E-state index contributed by atoms with van der Waals surface area (Å²) in [5, 5.41) is 0. The van der Waals surface area contributed by atoms with Crippen molar-refractivity contribution >= 4 is 19.0 Å². The fourth-order valence-corrected chi connectivity index (χ4v) is 10.5. The molecule has 1 aromatic rings. The van der Waals surface area contributed by atoms with Crippen LogP contribution in [0, 0.1) is 33.3 Å². The molecule has 0 aliphatic rings. The maximum absolute atomic E-state index is 7.50. The molecule has 0 saturated heterocycles. The van der Waals surface area contributed by atoms with Gasteiger partial charge in [0.25, 0.3) is 0 Å². The molecule has 0 unspecified atom stereocenters. The molecule has 40 heavy (non-hydrogen) atoms. The Morgan fingerprint density at radius 2 is 1.20 bits per heavy atom. The van der Waals surface area contributed by atoms with Crippen LogP contribution in [0.25, 0.3) is 6.08 Å². The molecule has 9 nitrogen and oxygen atoms in total. The van der Waals surface area contributed by atoms with Crippen LogP contribution in [-0.2, 0) is 48.3 Å². The SMILES string of the molecule is CO[C](=[Cr])c1c(/C=C/C[C@@H](C)O[Si](C(C)C)(C(C)C)C(C)C)cc(OC)cc1OC.[C-]#[O+].[C-]#[O+].[C-]#[O+].[C-]#[O+].[C-]#[O+]. The minimum absolute atomic E-state index is 0.162. The molecule has 1 aromatic carbocycles. The molecular weight excluding hydrogens is 572 g/mol. The van der Waals surface area contributed by atoms with Crippen LogP contribution in [0.4, 0.5) is 0 Å². The van der Waals surface area contributed by atoms with Crippen LogP contribution in [0.2, 0.25) is 16.6 Å². The molecule has 0 amide bonds. The normalized spacial score (nSPS) is 10.4. The van der Waals surface area contributed by atoms with Crippen molar-refractivity contribution in [2.75, 3.05) is 21.3 Å². The second-order valence-electron chi connectivity index (χ2n) is 8.67. The molecule has 220 valence electrons. The summed E-state index contributed by atoms with van der Waals surface area (Å²) < 4.78 is 61.5. The van der Waals surface area contributed by atoms with E-state index in [1.165, 1.54) is 0 Å². The van der Waals surface area contributed by atoms with Gasteiger partial charge in [-0.05, 0) is 0 Å². The van der Waals surface area contributed by atoms with Gasteiger partial charge in [0.15, 0.2) is 0 Å². The third-order valence-corrected chi connectivity index (χ3v) is 12.6. The molecule has 0 heterocycles. The summed E-state index contributed by atoms with van der Waals surface area (Å²) in [7, 11) is 3.07. The Bertz CT molecular complexity index is 889. The zero-order valence-electron chi connectivity index (χ0n) is 24.9. The average Bonchev–Trinajstić information content (AvgIpc) is 2.99. The van der Waals surface area contributed by atoms with E-state index in [4.69, 9.17) is 41.9 Å². The summed E-state index contributed by atoms with van der Waals surface area (Å²) in [5.41, 5.74) is 3.60. The van der Waals surface area contributed by atoms with Crippen LogP contribution in [0.15, 0.2) is 18.2 Å². The number of methoxy groups -OCH3 is 3. The Morgan fingerprint density at radius 3 is 1.52 bits per heavy atom. The van der Waals surface area contributed by atoms with Crippen LogP contribution in [0.1, 0.15) is 66.0 Å². The van der Waals surface area contributed by atoms with Gasteiger partial charge in [0.05, 0.1) is 0 Å². The molecule has 0 N–H and O–H groups in total. The standard InChI is InChI=1S/C24H40O4Si.5CO.Cr/c1-17(2)29(18(3)4,19(5)6)28-20(7)12-11-13-21-14-22(26-9)15-24(27-10)23(21)16-25-8;5*1-2;/h11,13-15,17-20H,12H2,1-10H3;;;;;;/b13-11+;;;;;;/t20-;;;;;;/m1....../s1. The number of rotatable bonds is 12. The molecule has 0 fully saturated rings. The number of ether oxygens (including phenoxy) is 3. The molecule has 0 aliphatic heterocycles. The van der Waals surface area contributed by atoms with Crippen LogP contribution in [0.5, 0.6) is 11.5 Å². The van der Waals surface area contributed by atoms with Gasteiger partial charge in [-0.15, -0.1) is 0 Å². The zero-order valence-corrected chi connectivity index (χ0v) is 27.2. The molecule has 0 bridgehead atoms. The quantitative estimate of drug-likeness (QED) is 0.158. The van der Waals surface area contributed by atoms with Crippen molar-refractivity contribution in [3.63, 3.8) is 0 Å². The van der Waals surface area contributed by atoms with Gasteiger partial charge >= 0.3 is 250 Å². The van der Waals surface area contributed by atoms with Gasteiger partial charge in [-0.2, -0.15) is 0 Å². The zero-order chi connectivity index (χ0) is 33.1. The first-order valence-electron chi connectivity index (χ1n) is 11.8. The third-order valence-electron chi connectivity index (χ3n) is 5.83. The van der Waals surface area contributed by atoms with Gasteiger partial charge in [0.1, 0.15) is 0 Å². The van der Waals surface area contributed by atoms with Gasteiger partial charge in [0.2, 0.25) is 0 Å². The number of benzene rings is 1. The minimum atomic E-state index is -1.89. The molecule has 1 rings (SSSR count). The Balaban J connectivity index is -0.000000365. The third kappa shape index (κ3) is 15.6. The first-order valence-corrected chi connectivity index (χ1v) is 14.5. The van der Waals surface area contributed by atoms with Gasteiger partial charge < -0.3 is 0 Å². The van der Waals surface area contributed by atoms with E-state index < -0.39 is 8.32 Å². The second-order valence-corrected chi connectivity index (χ2v) is 14.7. The summed E-state index contributed by atoms with van der Waals surface area (Å²) in [4.78, 5) is 0. The Morgan fingerprint density at radius 1 is 0.775 bits per heavy atom. The van der Waals surface area contributed by atoms with E-state index in [1.54, 1.807) is 21.3 Å². The molecule has 11 heteroatoms. The van der Waals surface area contributed by atoms with Crippen molar-refractivity contribution < 1.29 is 57.7 Å². The molecular formula is C29H40CrO9Si. The fourth-order valence-electron chi connectivity index (χ4n) is 4.53. The monoisotopic (exact) mass is 612 g/mol. The predicted molar refractivity (Wildman–Crippen MR) is 146 cm³/mol. The second kappa shape index (κ2) is 29.8. The summed E-state index contributed by atoms with van der Waals surface area (Å²) >= 11 is 2.98. The average molecular weight is 613 g/mol. The van der Waals surface area contributed by atoms with Crippen molar-refractivity contribution in [3.8, 4) is 11.5 Å². The van der Waals surface area contributed by atoms with E-state index in [9.17, 15) is 0 Å². The Labute approximate surface area is 249 Å². The van der Waals surface area contributed by atoms with Crippen molar-refractivity contribution in [2.45, 2.75) is 77.6 Å². The molecule has 0 aromatic heterocycles. The summed E-state index contributed by atoms with van der Waals surface area (Å²) in [6, 6.07) is 3.86. The van der Waals surface area contributed by atoms with E-state index in [0.717, 1.165) is 23.3 Å². The Hall–Kier alpha value is -2.20. The van der Waals surface area contributed by atoms with Gasteiger partial charge in [0, 0.05) is 0 Å². The first kappa shape index (κ1) is 47.6. The fraction of sp³-hybridized carbons (Fsp3) is 0.517. The van der Waals surface area contributed by atoms with E-state index in [0.29, 0.717) is 26.9 Å². The van der Waals surface area contributed by atoms with Crippen LogP contribution in [-0.4, -0.2) is 40.3 Å². The Kier molecular flexibility index (Phi) is 35.4. The maximum atomic E-state index is 7.50. The number of hydrogen-bond donors (Lipinski definition) is 0.